The number of nitrogens with zero attached hydrogens (tertiary/aromatic N) is 2. The van der Waals surface area contributed by atoms with Crippen LogP contribution in [0.2, 0.25) is 0 Å². The molecule has 0 aliphatic carbocycles. The number of amides is 2. The Balaban J connectivity index is 1.54. The number of rotatable bonds is 2. The summed E-state index contributed by atoms with van der Waals surface area (Å²) in [4.78, 5) is 18.0. The van der Waals surface area contributed by atoms with E-state index in [2.05, 4.69) is 34.6 Å². The van der Waals surface area contributed by atoms with Gasteiger partial charge in [-0.3, -0.25) is 5.32 Å². The van der Waals surface area contributed by atoms with Gasteiger partial charge in [0.1, 0.15) is 0 Å². The van der Waals surface area contributed by atoms with Crippen molar-refractivity contribution in [3.63, 3.8) is 0 Å². The molecule has 0 radical (unpaired) electrons. The lowest BCUT2D eigenvalue weighted by atomic mass is 9.90. The fraction of sp³-hybridized carbons (Fsp3) is 0.333. The number of anilines is 1. The molecule has 0 saturated carbocycles. The van der Waals surface area contributed by atoms with Gasteiger partial charge in [0.2, 0.25) is 0 Å². The molecule has 20 heavy (non-hydrogen) atoms. The predicted molar refractivity (Wildman–Crippen MR) is 81.1 cm³/mol. The molecule has 3 rings (SSSR count). The second-order valence-electron chi connectivity index (χ2n) is 4.94. The largest absolute Gasteiger partial charge is 0.324 e. The molecule has 1 aromatic heterocycles. The zero-order chi connectivity index (χ0) is 13.8. The first-order chi connectivity index (χ1) is 9.83. The summed E-state index contributed by atoms with van der Waals surface area (Å²) in [5, 5.41) is 5.37. The number of thiazole rings is 1. The Kier molecular flexibility index (Phi) is 3.97. The number of carbonyl (C=O) groups is 1. The number of benzene rings is 1. The van der Waals surface area contributed by atoms with Crippen LogP contribution in [0.5, 0.6) is 0 Å². The number of nitrogens with one attached hydrogen (secondary N) is 1. The lowest BCUT2D eigenvalue weighted by Gasteiger charge is -2.32. The van der Waals surface area contributed by atoms with Crippen LogP contribution in [-0.2, 0) is 0 Å². The molecule has 0 atom stereocenters. The number of likely N-dealkylation sites (tertiary alicyclic amines) is 1. The van der Waals surface area contributed by atoms with E-state index in [4.69, 9.17) is 0 Å². The summed E-state index contributed by atoms with van der Waals surface area (Å²) in [6.45, 7) is 1.60. The van der Waals surface area contributed by atoms with Gasteiger partial charge in [-0.25, -0.2) is 9.78 Å². The molecule has 1 saturated heterocycles. The van der Waals surface area contributed by atoms with Crippen LogP contribution in [0.3, 0.4) is 0 Å². The van der Waals surface area contributed by atoms with Crippen LogP contribution in [-0.4, -0.2) is 29.0 Å². The molecule has 5 heteroatoms. The highest BCUT2D eigenvalue weighted by atomic mass is 32.1. The molecule has 1 aromatic carbocycles. The van der Waals surface area contributed by atoms with Crippen molar-refractivity contribution in [2.75, 3.05) is 18.4 Å². The van der Waals surface area contributed by atoms with Crippen LogP contribution in [0.15, 0.2) is 41.9 Å². The second-order valence-corrected chi connectivity index (χ2v) is 5.83. The van der Waals surface area contributed by atoms with Crippen molar-refractivity contribution in [2.45, 2.75) is 18.8 Å². The van der Waals surface area contributed by atoms with E-state index in [1.54, 1.807) is 6.20 Å². The minimum Gasteiger partial charge on any atom is -0.324 e. The van der Waals surface area contributed by atoms with E-state index in [1.807, 2.05) is 16.3 Å². The molecule has 2 heterocycles. The lowest BCUT2D eigenvalue weighted by molar-refractivity contribution is 0.194. The van der Waals surface area contributed by atoms with Gasteiger partial charge in [0, 0.05) is 24.7 Å². The summed E-state index contributed by atoms with van der Waals surface area (Å²) in [5.74, 6) is 0.570. The van der Waals surface area contributed by atoms with Gasteiger partial charge in [-0.15, -0.1) is 11.3 Å². The maximum Gasteiger partial charge on any atom is 0.323 e. The summed E-state index contributed by atoms with van der Waals surface area (Å²) >= 11 is 1.44. The van der Waals surface area contributed by atoms with Gasteiger partial charge in [0.15, 0.2) is 5.13 Å². The summed E-state index contributed by atoms with van der Waals surface area (Å²) in [6, 6.07) is 10.5. The summed E-state index contributed by atoms with van der Waals surface area (Å²) in [6.07, 6.45) is 3.74. The van der Waals surface area contributed by atoms with Crippen molar-refractivity contribution < 1.29 is 4.79 Å². The first kappa shape index (κ1) is 13.1. The summed E-state index contributed by atoms with van der Waals surface area (Å²) in [5.41, 5.74) is 1.38. The van der Waals surface area contributed by atoms with Crippen molar-refractivity contribution in [1.82, 2.24) is 9.88 Å². The molecule has 1 N–H and O–H groups in total. The molecule has 0 bridgehead atoms. The SMILES string of the molecule is O=C(Nc1nccs1)N1CCC(c2ccccc2)CC1. The molecular formula is C15H17N3OS. The molecule has 1 aliphatic heterocycles. The highest BCUT2D eigenvalue weighted by Gasteiger charge is 2.23. The average Bonchev–Trinajstić information content (AvgIpc) is 3.01. The zero-order valence-corrected chi connectivity index (χ0v) is 12.0. The lowest BCUT2D eigenvalue weighted by Crippen LogP contribution is -2.40. The number of hydrogen-bond donors (Lipinski definition) is 1. The standard InChI is InChI=1S/C15H17N3OS/c19-15(17-14-16-8-11-20-14)18-9-6-13(7-10-18)12-4-2-1-3-5-12/h1-5,8,11,13H,6-7,9-10H2,(H,16,17,19). The third kappa shape index (κ3) is 2.99. The quantitative estimate of drug-likeness (QED) is 0.918. The number of urea groups is 1. The topological polar surface area (TPSA) is 45.2 Å². The molecule has 1 fully saturated rings. The molecule has 104 valence electrons. The number of hydrogen-bond acceptors (Lipinski definition) is 3. The Hall–Kier alpha value is -1.88. The smallest absolute Gasteiger partial charge is 0.323 e. The number of piperidine rings is 1. The van der Waals surface area contributed by atoms with Gasteiger partial charge in [-0.05, 0) is 24.3 Å². The highest BCUT2D eigenvalue weighted by molar-refractivity contribution is 7.13. The Morgan fingerprint density at radius 1 is 1.25 bits per heavy atom. The van der Waals surface area contributed by atoms with Gasteiger partial charge in [0.25, 0.3) is 0 Å². The van der Waals surface area contributed by atoms with E-state index >= 15 is 0 Å². The first-order valence-corrected chi connectivity index (χ1v) is 7.71. The number of carbonyl (C=O) groups excluding carboxylic acids is 1. The van der Waals surface area contributed by atoms with Crippen molar-refractivity contribution in [2.24, 2.45) is 0 Å². The van der Waals surface area contributed by atoms with Crippen LogP contribution >= 0.6 is 11.3 Å². The van der Waals surface area contributed by atoms with Gasteiger partial charge >= 0.3 is 6.03 Å². The Labute approximate surface area is 122 Å². The van der Waals surface area contributed by atoms with E-state index in [1.165, 1.54) is 16.9 Å². The molecule has 1 aliphatic rings. The third-order valence-corrected chi connectivity index (χ3v) is 4.39. The minimum atomic E-state index is -0.0357. The predicted octanol–water partition coefficient (Wildman–Crippen LogP) is 3.55. The first-order valence-electron chi connectivity index (χ1n) is 6.83. The van der Waals surface area contributed by atoms with E-state index in [9.17, 15) is 4.79 Å². The van der Waals surface area contributed by atoms with Crippen LogP contribution in [0.25, 0.3) is 0 Å². The fourth-order valence-corrected chi connectivity index (χ4v) is 3.12. The van der Waals surface area contributed by atoms with E-state index < -0.39 is 0 Å². The van der Waals surface area contributed by atoms with Gasteiger partial charge in [-0.1, -0.05) is 30.3 Å². The van der Waals surface area contributed by atoms with Gasteiger partial charge in [0.05, 0.1) is 0 Å². The van der Waals surface area contributed by atoms with Crippen molar-refractivity contribution in [3.8, 4) is 0 Å². The van der Waals surface area contributed by atoms with E-state index in [0.29, 0.717) is 11.0 Å². The maximum atomic E-state index is 12.1. The molecule has 4 nitrogen and oxygen atoms in total. The monoisotopic (exact) mass is 287 g/mol. The molecule has 0 unspecified atom stereocenters. The van der Waals surface area contributed by atoms with Crippen LogP contribution in [0.1, 0.15) is 24.3 Å². The zero-order valence-electron chi connectivity index (χ0n) is 11.2. The van der Waals surface area contributed by atoms with Crippen LogP contribution in [0, 0.1) is 0 Å². The molecular weight excluding hydrogens is 270 g/mol. The van der Waals surface area contributed by atoms with E-state index in [-0.39, 0.29) is 6.03 Å². The molecule has 0 spiro atoms. The number of aromatic nitrogens is 1. The Morgan fingerprint density at radius 2 is 2.00 bits per heavy atom. The fourth-order valence-electron chi connectivity index (χ4n) is 2.60. The van der Waals surface area contributed by atoms with Crippen molar-refractivity contribution in [1.29, 1.82) is 0 Å². The highest BCUT2D eigenvalue weighted by Crippen LogP contribution is 2.28. The van der Waals surface area contributed by atoms with Crippen LogP contribution in [0.4, 0.5) is 9.93 Å². The molecule has 2 aromatic rings. The normalized spacial score (nSPS) is 16.1. The van der Waals surface area contributed by atoms with Gasteiger partial charge in [-0.2, -0.15) is 0 Å². The summed E-state index contributed by atoms with van der Waals surface area (Å²) in [7, 11) is 0. The maximum absolute atomic E-state index is 12.1. The Bertz CT molecular complexity index is 548. The second kappa shape index (κ2) is 6.05. The minimum absolute atomic E-state index is 0.0357. The Morgan fingerprint density at radius 3 is 2.65 bits per heavy atom. The van der Waals surface area contributed by atoms with E-state index in [0.717, 1.165) is 25.9 Å². The third-order valence-electron chi connectivity index (χ3n) is 3.70. The molecule has 2 amide bonds. The van der Waals surface area contributed by atoms with Crippen LogP contribution < -0.4 is 5.32 Å². The average molecular weight is 287 g/mol. The van der Waals surface area contributed by atoms with Gasteiger partial charge < -0.3 is 4.90 Å². The summed E-state index contributed by atoms with van der Waals surface area (Å²) < 4.78 is 0. The van der Waals surface area contributed by atoms with Crippen molar-refractivity contribution in [3.05, 3.63) is 47.5 Å². The van der Waals surface area contributed by atoms with Crippen molar-refractivity contribution >= 4 is 22.5 Å².